The molecule has 0 aliphatic rings. The monoisotopic (exact) mass is 549 g/mol. The van der Waals surface area contributed by atoms with Crippen molar-refractivity contribution in [1.82, 2.24) is 5.43 Å². The van der Waals surface area contributed by atoms with Crippen LogP contribution in [0.4, 0.5) is 5.69 Å². The third kappa shape index (κ3) is 6.80. The van der Waals surface area contributed by atoms with Crippen LogP contribution in [0.2, 0.25) is 5.02 Å². The van der Waals surface area contributed by atoms with Crippen LogP contribution in [-0.4, -0.2) is 33.7 Å². The quantitative estimate of drug-likeness (QED) is 0.305. The van der Waals surface area contributed by atoms with Crippen molar-refractivity contribution in [3.8, 4) is 5.75 Å². The van der Waals surface area contributed by atoms with Crippen molar-refractivity contribution < 1.29 is 17.9 Å². The normalized spacial score (nSPS) is 11.4. The Labute approximate surface area is 206 Å². The summed E-state index contributed by atoms with van der Waals surface area (Å²) in [7, 11) is -4.03. The summed E-state index contributed by atoms with van der Waals surface area (Å²) in [6.45, 7) is 1.87. The zero-order valence-corrected chi connectivity index (χ0v) is 20.8. The lowest BCUT2D eigenvalue weighted by molar-refractivity contribution is -0.119. The standard InChI is InChI=1S/C23H21BrClN3O4S/c1-2-32-21-11-9-20(10-12-21)28(33(30,31)22-13-5-18(24)6-14-22)16-23(29)27-26-15-17-3-7-19(25)8-4-17/h3-15H,2,16H2,1H3,(H,27,29)/b26-15-. The van der Waals surface area contributed by atoms with Crippen molar-refractivity contribution in [1.29, 1.82) is 0 Å². The Morgan fingerprint density at radius 1 is 1.06 bits per heavy atom. The van der Waals surface area contributed by atoms with Crippen molar-refractivity contribution in [3.05, 3.63) is 87.9 Å². The molecule has 7 nitrogen and oxygen atoms in total. The van der Waals surface area contributed by atoms with Crippen molar-refractivity contribution in [2.75, 3.05) is 17.5 Å². The molecule has 0 saturated carbocycles. The molecule has 0 aliphatic heterocycles. The van der Waals surface area contributed by atoms with Crippen LogP contribution in [0.25, 0.3) is 0 Å². The van der Waals surface area contributed by atoms with E-state index in [0.29, 0.717) is 23.1 Å². The van der Waals surface area contributed by atoms with E-state index < -0.39 is 22.5 Å². The minimum Gasteiger partial charge on any atom is -0.494 e. The fraction of sp³-hybridized carbons (Fsp3) is 0.130. The number of nitrogens with one attached hydrogen (secondary N) is 1. The first-order valence-corrected chi connectivity index (χ1v) is 12.5. The van der Waals surface area contributed by atoms with Gasteiger partial charge in [0.2, 0.25) is 0 Å². The van der Waals surface area contributed by atoms with Gasteiger partial charge in [0, 0.05) is 9.50 Å². The van der Waals surface area contributed by atoms with Gasteiger partial charge in [-0.2, -0.15) is 5.10 Å². The number of nitrogens with zero attached hydrogens (tertiary/aromatic N) is 2. The Balaban J connectivity index is 1.83. The first-order chi connectivity index (χ1) is 15.8. The molecule has 0 radical (unpaired) electrons. The molecule has 172 valence electrons. The third-order valence-corrected chi connectivity index (χ3v) is 6.97. The summed E-state index contributed by atoms with van der Waals surface area (Å²) in [5, 5.41) is 4.49. The lowest BCUT2D eigenvalue weighted by Gasteiger charge is -2.24. The van der Waals surface area contributed by atoms with Gasteiger partial charge in [-0.05, 0) is 73.2 Å². The molecule has 3 aromatic carbocycles. The molecule has 0 aliphatic carbocycles. The van der Waals surface area contributed by atoms with E-state index in [9.17, 15) is 13.2 Å². The minimum absolute atomic E-state index is 0.0528. The van der Waals surface area contributed by atoms with Gasteiger partial charge in [-0.1, -0.05) is 39.7 Å². The van der Waals surface area contributed by atoms with Gasteiger partial charge in [-0.15, -0.1) is 0 Å². The highest BCUT2D eigenvalue weighted by molar-refractivity contribution is 9.10. The number of carbonyl (C=O) groups is 1. The SMILES string of the molecule is CCOc1ccc(N(CC(=O)N/N=C\c2ccc(Cl)cc2)S(=O)(=O)c2ccc(Br)cc2)cc1. The van der Waals surface area contributed by atoms with Gasteiger partial charge >= 0.3 is 0 Å². The lowest BCUT2D eigenvalue weighted by Crippen LogP contribution is -2.39. The molecule has 0 unspecified atom stereocenters. The third-order valence-electron chi connectivity index (χ3n) is 4.40. The van der Waals surface area contributed by atoms with Crippen LogP contribution in [0.1, 0.15) is 12.5 Å². The van der Waals surface area contributed by atoms with E-state index in [4.69, 9.17) is 16.3 Å². The van der Waals surface area contributed by atoms with E-state index in [1.807, 2.05) is 6.92 Å². The van der Waals surface area contributed by atoms with Crippen LogP contribution in [0.15, 0.2) is 87.3 Å². The maximum atomic E-state index is 13.4. The number of carbonyl (C=O) groups excluding carboxylic acids is 1. The van der Waals surface area contributed by atoms with Gasteiger partial charge in [0.05, 0.1) is 23.4 Å². The van der Waals surface area contributed by atoms with E-state index in [1.54, 1.807) is 60.7 Å². The second-order valence-electron chi connectivity index (χ2n) is 6.74. The Morgan fingerprint density at radius 2 is 1.70 bits per heavy atom. The zero-order valence-electron chi connectivity index (χ0n) is 17.6. The highest BCUT2D eigenvalue weighted by Crippen LogP contribution is 2.26. The number of ether oxygens (including phenoxy) is 1. The predicted molar refractivity (Wildman–Crippen MR) is 133 cm³/mol. The molecular weight excluding hydrogens is 530 g/mol. The average molecular weight is 551 g/mol. The molecule has 0 fully saturated rings. The summed E-state index contributed by atoms with van der Waals surface area (Å²) in [4.78, 5) is 12.6. The number of hydrogen-bond donors (Lipinski definition) is 1. The molecular formula is C23H21BrClN3O4S. The second kappa shape index (κ2) is 11.3. The lowest BCUT2D eigenvalue weighted by atomic mass is 10.2. The topological polar surface area (TPSA) is 88.1 Å². The van der Waals surface area contributed by atoms with E-state index in [2.05, 4.69) is 26.5 Å². The molecule has 0 atom stereocenters. The Hall–Kier alpha value is -2.88. The summed E-state index contributed by atoms with van der Waals surface area (Å²) in [6.07, 6.45) is 1.44. The molecule has 0 heterocycles. The van der Waals surface area contributed by atoms with Crippen LogP contribution in [0.5, 0.6) is 5.75 Å². The molecule has 1 N–H and O–H groups in total. The fourth-order valence-electron chi connectivity index (χ4n) is 2.82. The highest BCUT2D eigenvalue weighted by atomic mass is 79.9. The van der Waals surface area contributed by atoms with Crippen LogP contribution in [0, 0.1) is 0 Å². The van der Waals surface area contributed by atoms with Gasteiger partial charge in [0.1, 0.15) is 12.3 Å². The first-order valence-electron chi connectivity index (χ1n) is 9.88. The summed E-state index contributed by atoms with van der Waals surface area (Å²) < 4.78 is 33.9. The number of amides is 1. The number of sulfonamides is 1. The minimum atomic E-state index is -4.03. The van der Waals surface area contributed by atoms with Crippen molar-refractivity contribution in [3.63, 3.8) is 0 Å². The van der Waals surface area contributed by atoms with Crippen LogP contribution in [-0.2, 0) is 14.8 Å². The number of halogens is 2. The maximum absolute atomic E-state index is 13.4. The van der Waals surface area contributed by atoms with Crippen molar-refractivity contribution >= 4 is 55.4 Å². The summed E-state index contributed by atoms with van der Waals surface area (Å²) >= 11 is 9.15. The molecule has 0 bridgehead atoms. The molecule has 33 heavy (non-hydrogen) atoms. The predicted octanol–water partition coefficient (Wildman–Crippen LogP) is 4.85. The molecule has 1 amide bonds. The number of hydrazone groups is 1. The maximum Gasteiger partial charge on any atom is 0.264 e. The van der Waals surface area contributed by atoms with Crippen molar-refractivity contribution in [2.24, 2.45) is 5.10 Å². The number of hydrogen-bond acceptors (Lipinski definition) is 5. The Kier molecular flexibility index (Phi) is 8.49. The highest BCUT2D eigenvalue weighted by Gasteiger charge is 2.27. The zero-order chi connectivity index (χ0) is 23.8. The van der Waals surface area contributed by atoms with Gasteiger partial charge in [0.15, 0.2) is 0 Å². The van der Waals surface area contributed by atoms with Gasteiger partial charge in [-0.3, -0.25) is 9.10 Å². The molecule has 3 rings (SSSR count). The fourth-order valence-corrected chi connectivity index (χ4v) is 4.63. The van der Waals surface area contributed by atoms with E-state index in [1.165, 1.54) is 18.3 Å². The summed E-state index contributed by atoms with van der Waals surface area (Å²) in [6, 6.07) is 19.5. The number of rotatable bonds is 9. The van der Waals surface area contributed by atoms with E-state index in [0.717, 1.165) is 14.3 Å². The molecule has 0 aromatic heterocycles. The average Bonchev–Trinajstić information content (AvgIpc) is 2.80. The summed E-state index contributed by atoms with van der Waals surface area (Å²) in [5.74, 6) is -0.00552. The number of anilines is 1. The van der Waals surface area contributed by atoms with Crippen LogP contribution >= 0.6 is 27.5 Å². The largest absolute Gasteiger partial charge is 0.494 e. The van der Waals surface area contributed by atoms with Gasteiger partial charge in [0.25, 0.3) is 15.9 Å². The van der Waals surface area contributed by atoms with E-state index in [-0.39, 0.29) is 4.90 Å². The molecule has 0 saturated heterocycles. The van der Waals surface area contributed by atoms with Crippen molar-refractivity contribution in [2.45, 2.75) is 11.8 Å². The smallest absolute Gasteiger partial charge is 0.264 e. The molecule has 3 aromatic rings. The molecule has 0 spiro atoms. The Morgan fingerprint density at radius 3 is 2.30 bits per heavy atom. The van der Waals surface area contributed by atoms with Crippen LogP contribution < -0.4 is 14.5 Å². The summed E-state index contributed by atoms with van der Waals surface area (Å²) in [5.41, 5.74) is 3.41. The first kappa shape index (κ1) is 24.8. The van der Waals surface area contributed by atoms with Gasteiger partial charge in [-0.25, -0.2) is 13.8 Å². The second-order valence-corrected chi connectivity index (χ2v) is 9.95. The van der Waals surface area contributed by atoms with Gasteiger partial charge < -0.3 is 4.74 Å². The molecule has 10 heteroatoms. The number of benzene rings is 3. The Bertz CT molecular complexity index is 1220. The van der Waals surface area contributed by atoms with E-state index >= 15 is 0 Å². The van der Waals surface area contributed by atoms with Crippen LogP contribution in [0.3, 0.4) is 0 Å².